The van der Waals surface area contributed by atoms with Gasteiger partial charge in [-0.05, 0) is 12.1 Å². The molecule has 42 valence electrons. The van der Waals surface area contributed by atoms with Crippen LogP contribution in [0.1, 0.15) is 5.56 Å². The van der Waals surface area contributed by atoms with Crippen LogP contribution in [0.25, 0.3) is 0 Å². The van der Waals surface area contributed by atoms with Gasteiger partial charge in [-0.1, -0.05) is 0 Å². The Labute approximate surface area is 52.7 Å². The Bertz CT molecular complexity index is 219. The van der Waals surface area contributed by atoms with Crippen LogP contribution in [-0.4, -0.2) is 4.98 Å². The van der Waals surface area contributed by atoms with Crippen molar-refractivity contribution < 1.29 is 9.95 Å². The molecule has 0 aliphatic carbocycles. The van der Waals surface area contributed by atoms with Gasteiger partial charge in [-0.15, -0.1) is 0 Å². The Balaban J connectivity index is 2.66. The van der Waals surface area contributed by atoms with E-state index in [4.69, 9.17) is 4.24 Å². The summed E-state index contributed by atoms with van der Waals surface area (Å²) in [6.07, 6.45) is 3.18. The molecule has 0 aromatic carbocycles. The van der Waals surface area contributed by atoms with Crippen molar-refractivity contribution in [2.24, 2.45) is 0 Å². The van der Waals surface area contributed by atoms with E-state index in [0.717, 1.165) is 5.56 Å². The predicted octanol–water partition coefficient (Wildman–Crippen LogP) is -0.177. The monoisotopic (exact) mass is 112 g/mol. The molecule has 0 radical (unpaired) electrons. The third-order valence-electron chi connectivity index (χ3n) is 0.932. The van der Waals surface area contributed by atoms with Gasteiger partial charge in [0.15, 0.2) is 0 Å². The fourth-order valence-electron chi connectivity index (χ4n) is 0.488. The SMILES string of the molecule is [2H][N+]([2H])([2H])Cc1ccncc1. The molecule has 1 aromatic heterocycles. The Hall–Kier alpha value is -0.890. The van der Waals surface area contributed by atoms with Crippen molar-refractivity contribution in [2.75, 3.05) is 0 Å². The second kappa shape index (κ2) is 2.43. The molecule has 0 saturated heterocycles. The van der Waals surface area contributed by atoms with E-state index in [1.54, 1.807) is 24.5 Å². The van der Waals surface area contributed by atoms with Gasteiger partial charge in [-0.2, -0.15) is 0 Å². The number of hydrogen-bond acceptors (Lipinski definition) is 1. The number of aromatic nitrogens is 1. The van der Waals surface area contributed by atoms with E-state index in [9.17, 15) is 0 Å². The van der Waals surface area contributed by atoms with Gasteiger partial charge in [-0.25, -0.2) is 0 Å². The lowest BCUT2D eigenvalue weighted by Gasteiger charge is -1.87. The molecule has 0 amide bonds. The second-order valence-corrected chi connectivity index (χ2v) is 1.51. The zero-order valence-electron chi connectivity index (χ0n) is 7.41. The zero-order chi connectivity index (χ0) is 8.32. The van der Waals surface area contributed by atoms with E-state index in [-0.39, 0.29) is 6.54 Å². The van der Waals surface area contributed by atoms with Crippen LogP contribution >= 0.6 is 0 Å². The van der Waals surface area contributed by atoms with Gasteiger partial charge < -0.3 is 5.71 Å². The molecule has 2 heteroatoms. The summed E-state index contributed by atoms with van der Waals surface area (Å²) in [7, 11) is 0. The molecule has 2 nitrogen and oxygen atoms in total. The standard InChI is InChI=1S/C6H8N2/c7-5-6-1-3-8-4-2-6/h1-4H,5,7H2/p+1/i/hD3. The molecular formula is C6H9N2+. The minimum absolute atomic E-state index is 0.0581. The lowest BCUT2D eigenvalue weighted by molar-refractivity contribution is -0.386. The lowest BCUT2D eigenvalue weighted by atomic mass is 10.3. The van der Waals surface area contributed by atoms with Crippen LogP contribution in [0.2, 0.25) is 4.24 Å². The van der Waals surface area contributed by atoms with Crippen LogP contribution in [0.4, 0.5) is 0 Å². The van der Waals surface area contributed by atoms with Gasteiger partial charge in [-0.3, -0.25) is 4.98 Å². The summed E-state index contributed by atoms with van der Waals surface area (Å²) in [6, 6.07) is 3.40. The molecule has 0 aliphatic heterocycles. The largest absolute Gasteiger partial charge is 0.354 e. The molecule has 0 aliphatic rings. The van der Waals surface area contributed by atoms with E-state index in [2.05, 4.69) is 4.98 Å². The Morgan fingerprint density at radius 2 is 2.38 bits per heavy atom. The minimum Gasteiger partial charge on any atom is -0.354 e. The van der Waals surface area contributed by atoms with Crippen LogP contribution in [0.15, 0.2) is 24.5 Å². The Kier molecular flexibility index (Phi) is 0.787. The first-order valence-corrected chi connectivity index (χ1v) is 2.43. The molecule has 0 bridgehead atoms. The molecule has 1 heterocycles. The van der Waals surface area contributed by atoms with Crippen molar-refractivity contribution in [3.05, 3.63) is 30.1 Å². The number of quaternary nitrogens is 1. The van der Waals surface area contributed by atoms with Crippen LogP contribution < -0.4 is 5.71 Å². The summed E-state index contributed by atoms with van der Waals surface area (Å²) in [5, 5.41) is 0. The van der Waals surface area contributed by atoms with E-state index in [1.165, 1.54) is 0 Å². The van der Waals surface area contributed by atoms with Crippen LogP contribution in [0.5, 0.6) is 0 Å². The van der Waals surface area contributed by atoms with Crippen molar-refractivity contribution in [1.82, 2.24) is 4.98 Å². The molecule has 1 aromatic rings. The van der Waals surface area contributed by atoms with Gasteiger partial charge in [0.2, 0.25) is 0 Å². The highest BCUT2D eigenvalue weighted by molar-refractivity contribution is 5.07. The van der Waals surface area contributed by atoms with Gasteiger partial charge >= 0.3 is 4.24 Å². The smallest absolute Gasteiger partial charge is 0.344 e. The summed E-state index contributed by atoms with van der Waals surface area (Å²) in [6.45, 7) is 0.0581. The van der Waals surface area contributed by atoms with E-state index < -0.39 is 5.71 Å². The third kappa shape index (κ3) is 1.04. The first-order valence-electron chi connectivity index (χ1n) is 3.77. The summed E-state index contributed by atoms with van der Waals surface area (Å²) >= 11 is 0. The summed E-state index contributed by atoms with van der Waals surface area (Å²) < 4.78 is 20.8. The predicted molar refractivity (Wildman–Crippen MR) is 30.8 cm³/mol. The Morgan fingerprint density at radius 1 is 1.62 bits per heavy atom. The zero-order valence-corrected chi connectivity index (χ0v) is 4.41. The molecule has 0 fully saturated rings. The molecule has 0 atom stereocenters. The summed E-state index contributed by atoms with van der Waals surface area (Å²) in [5.74, 6) is 0. The number of hydrogen-bond donors (Lipinski definition) is 1. The first kappa shape index (κ1) is 2.60. The molecule has 0 unspecified atom stereocenters. The van der Waals surface area contributed by atoms with Gasteiger partial charge in [0, 0.05) is 18.0 Å². The van der Waals surface area contributed by atoms with Crippen molar-refractivity contribution in [1.29, 1.82) is 0 Å². The average Bonchev–Trinajstić information content (AvgIpc) is 1.85. The maximum Gasteiger partial charge on any atom is 0.344 e. The van der Waals surface area contributed by atoms with Crippen molar-refractivity contribution in [3.8, 4) is 0 Å². The van der Waals surface area contributed by atoms with Crippen LogP contribution in [-0.2, 0) is 6.54 Å². The fourth-order valence-corrected chi connectivity index (χ4v) is 0.488. The highest BCUT2D eigenvalue weighted by Gasteiger charge is 1.83. The fraction of sp³-hybridized carbons (Fsp3) is 0.167. The molecular weight excluding hydrogens is 100 g/mol. The topological polar surface area (TPSA) is 40.5 Å². The number of nitrogens with zero attached hydrogens (tertiary/aromatic N) is 1. The maximum absolute atomic E-state index is 6.92. The van der Waals surface area contributed by atoms with E-state index >= 15 is 0 Å². The lowest BCUT2D eigenvalue weighted by Crippen LogP contribution is -2.47. The minimum atomic E-state index is -1.29. The molecule has 3 N–H and O–H groups in total. The molecule has 1 rings (SSSR count). The maximum atomic E-state index is 6.92. The van der Waals surface area contributed by atoms with Crippen molar-refractivity contribution in [2.45, 2.75) is 6.54 Å². The van der Waals surface area contributed by atoms with Crippen LogP contribution in [0.3, 0.4) is 0 Å². The summed E-state index contributed by atoms with van der Waals surface area (Å²) in [5.41, 5.74) is -0.510. The van der Waals surface area contributed by atoms with Gasteiger partial charge in [0.1, 0.15) is 0 Å². The van der Waals surface area contributed by atoms with Crippen molar-refractivity contribution in [3.63, 3.8) is 0 Å². The molecule has 8 heavy (non-hydrogen) atoms. The Morgan fingerprint density at radius 3 is 3.00 bits per heavy atom. The first-order chi connectivity index (χ1) is 5.08. The number of rotatable bonds is 2. The molecule has 0 saturated carbocycles. The third-order valence-corrected chi connectivity index (χ3v) is 0.932. The van der Waals surface area contributed by atoms with E-state index in [1.807, 2.05) is 0 Å². The van der Waals surface area contributed by atoms with E-state index in [0.29, 0.717) is 0 Å². The summed E-state index contributed by atoms with van der Waals surface area (Å²) in [4.78, 5) is 3.78. The van der Waals surface area contributed by atoms with Gasteiger partial charge in [0.05, 0.1) is 6.54 Å². The second-order valence-electron chi connectivity index (χ2n) is 1.51. The highest BCUT2D eigenvalue weighted by atomic mass is 14.6. The van der Waals surface area contributed by atoms with Gasteiger partial charge in [0.25, 0.3) is 0 Å². The highest BCUT2D eigenvalue weighted by Crippen LogP contribution is 1.90. The normalized spacial score (nSPS) is 16.2. The average molecular weight is 112 g/mol. The number of pyridine rings is 1. The quantitative estimate of drug-likeness (QED) is 0.566. The van der Waals surface area contributed by atoms with Crippen LogP contribution in [0, 0.1) is 0 Å². The molecule has 0 spiro atoms. The van der Waals surface area contributed by atoms with Crippen molar-refractivity contribution >= 4 is 0 Å².